The van der Waals surface area contributed by atoms with Crippen LogP contribution in [0.15, 0.2) is 34.9 Å². The van der Waals surface area contributed by atoms with Crippen molar-refractivity contribution in [3.05, 3.63) is 36.2 Å². The Balaban J connectivity index is 0.00000192. The highest BCUT2D eigenvalue weighted by Gasteiger charge is 2.27. The molecule has 1 fully saturated rings. The molecule has 0 aliphatic carbocycles. The molecular formula is C16H20ClN3O3. The number of benzene rings is 1. The van der Waals surface area contributed by atoms with E-state index in [-0.39, 0.29) is 18.3 Å². The van der Waals surface area contributed by atoms with Gasteiger partial charge in [0.15, 0.2) is 0 Å². The van der Waals surface area contributed by atoms with E-state index in [4.69, 9.17) is 9.63 Å². The van der Waals surface area contributed by atoms with Gasteiger partial charge in [-0.25, -0.2) is 0 Å². The maximum atomic E-state index is 10.9. The van der Waals surface area contributed by atoms with E-state index in [1.165, 1.54) is 0 Å². The molecule has 0 radical (unpaired) electrons. The van der Waals surface area contributed by atoms with E-state index in [2.05, 4.69) is 15.0 Å². The highest BCUT2D eigenvalue weighted by atomic mass is 35.5. The van der Waals surface area contributed by atoms with Crippen LogP contribution in [-0.4, -0.2) is 45.8 Å². The van der Waals surface area contributed by atoms with E-state index in [0.29, 0.717) is 24.7 Å². The first kappa shape index (κ1) is 17.4. The van der Waals surface area contributed by atoms with Gasteiger partial charge in [-0.15, -0.1) is 12.4 Å². The van der Waals surface area contributed by atoms with Crippen molar-refractivity contribution in [3.8, 4) is 11.4 Å². The summed E-state index contributed by atoms with van der Waals surface area (Å²) in [5.74, 6) is 0.343. The zero-order chi connectivity index (χ0) is 15.4. The summed E-state index contributed by atoms with van der Waals surface area (Å²) in [5, 5.41) is 13.0. The number of aryl methyl sites for hydroxylation is 1. The van der Waals surface area contributed by atoms with Crippen molar-refractivity contribution in [2.24, 2.45) is 5.92 Å². The van der Waals surface area contributed by atoms with Crippen LogP contribution in [-0.2, 0) is 11.2 Å². The third kappa shape index (κ3) is 4.53. The fourth-order valence-electron chi connectivity index (χ4n) is 2.75. The lowest BCUT2D eigenvalue weighted by atomic mass is 10.1. The van der Waals surface area contributed by atoms with Crippen LogP contribution in [0.4, 0.5) is 0 Å². The predicted octanol–water partition coefficient (Wildman–Crippen LogP) is 2.50. The van der Waals surface area contributed by atoms with Crippen LogP contribution in [0.25, 0.3) is 11.4 Å². The largest absolute Gasteiger partial charge is 0.481 e. The van der Waals surface area contributed by atoms with Gasteiger partial charge in [0.1, 0.15) is 0 Å². The molecule has 23 heavy (non-hydrogen) atoms. The molecule has 6 nitrogen and oxygen atoms in total. The smallest absolute Gasteiger partial charge is 0.307 e. The lowest BCUT2D eigenvalue weighted by Crippen LogP contribution is -2.24. The molecule has 0 saturated carbocycles. The molecule has 1 atom stereocenters. The Labute approximate surface area is 140 Å². The van der Waals surface area contributed by atoms with Crippen molar-refractivity contribution in [2.45, 2.75) is 19.3 Å². The van der Waals surface area contributed by atoms with Crippen LogP contribution in [0, 0.1) is 5.92 Å². The van der Waals surface area contributed by atoms with Gasteiger partial charge in [-0.2, -0.15) is 4.98 Å². The average molecular weight is 338 g/mol. The van der Waals surface area contributed by atoms with E-state index < -0.39 is 5.97 Å². The van der Waals surface area contributed by atoms with Gasteiger partial charge in [-0.1, -0.05) is 35.5 Å². The standard InChI is InChI=1S/C16H19N3O3.ClH/c20-16(21)13-8-10-19(11-13)9-4-7-14-17-15(18-22-14)12-5-2-1-3-6-12;/h1-3,5-6,13H,4,7-11H2,(H,20,21);1H. The van der Waals surface area contributed by atoms with Gasteiger partial charge >= 0.3 is 5.97 Å². The van der Waals surface area contributed by atoms with E-state index >= 15 is 0 Å². The molecule has 2 heterocycles. The molecule has 3 rings (SSSR count). The highest BCUT2D eigenvalue weighted by Crippen LogP contribution is 2.18. The van der Waals surface area contributed by atoms with Crippen LogP contribution in [0.1, 0.15) is 18.7 Å². The van der Waals surface area contributed by atoms with Gasteiger partial charge in [0.05, 0.1) is 5.92 Å². The Morgan fingerprint density at radius 3 is 2.83 bits per heavy atom. The minimum absolute atomic E-state index is 0. The molecule has 1 saturated heterocycles. The van der Waals surface area contributed by atoms with Crippen molar-refractivity contribution in [1.29, 1.82) is 0 Å². The zero-order valence-corrected chi connectivity index (χ0v) is 13.5. The average Bonchev–Trinajstić information content (AvgIpc) is 3.18. The molecule has 2 aromatic rings. The normalized spacial score (nSPS) is 17.8. The topological polar surface area (TPSA) is 79.5 Å². The second-order valence-corrected chi connectivity index (χ2v) is 5.61. The second kappa shape index (κ2) is 8.08. The first-order chi connectivity index (χ1) is 10.7. The monoisotopic (exact) mass is 337 g/mol. The quantitative estimate of drug-likeness (QED) is 0.872. The van der Waals surface area contributed by atoms with Gasteiger partial charge in [0.2, 0.25) is 11.7 Å². The number of carbonyl (C=O) groups is 1. The fraction of sp³-hybridized carbons (Fsp3) is 0.438. The number of carboxylic acid groups (broad SMARTS) is 1. The third-order valence-corrected chi connectivity index (χ3v) is 3.99. The molecule has 1 N–H and O–H groups in total. The Hall–Kier alpha value is -1.92. The van der Waals surface area contributed by atoms with E-state index in [0.717, 1.165) is 31.5 Å². The molecule has 0 bridgehead atoms. The Morgan fingerprint density at radius 1 is 1.35 bits per heavy atom. The molecule has 1 aliphatic rings. The molecule has 1 aromatic heterocycles. The van der Waals surface area contributed by atoms with Gasteiger partial charge in [-0.3, -0.25) is 4.79 Å². The Bertz CT molecular complexity index is 633. The van der Waals surface area contributed by atoms with Crippen LogP contribution < -0.4 is 0 Å². The Kier molecular flexibility index (Phi) is 6.12. The summed E-state index contributed by atoms with van der Waals surface area (Å²) in [6, 6.07) is 9.73. The van der Waals surface area contributed by atoms with E-state index in [1.807, 2.05) is 30.3 Å². The van der Waals surface area contributed by atoms with E-state index in [9.17, 15) is 4.79 Å². The van der Waals surface area contributed by atoms with Crippen LogP contribution in [0.2, 0.25) is 0 Å². The van der Waals surface area contributed by atoms with Crippen molar-refractivity contribution in [2.75, 3.05) is 19.6 Å². The van der Waals surface area contributed by atoms with Crippen molar-refractivity contribution in [3.63, 3.8) is 0 Å². The summed E-state index contributed by atoms with van der Waals surface area (Å²) >= 11 is 0. The first-order valence-electron chi connectivity index (χ1n) is 7.55. The van der Waals surface area contributed by atoms with Crippen LogP contribution in [0.3, 0.4) is 0 Å². The van der Waals surface area contributed by atoms with Gasteiger partial charge in [-0.05, 0) is 25.9 Å². The van der Waals surface area contributed by atoms with Crippen LogP contribution in [0.5, 0.6) is 0 Å². The summed E-state index contributed by atoms with van der Waals surface area (Å²) in [6.45, 7) is 2.37. The molecule has 0 spiro atoms. The third-order valence-electron chi connectivity index (χ3n) is 3.99. The lowest BCUT2D eigenvalue weighted by Gasteiger charge is -2.13. The summed E-state index contributed by atoms with van der Waals surface area (Å²) in [6.07, 6.45) is 2.35. The fourth-order valence-corrected chi connectivity index (χ4v) is 2.75. The summed E-state index contributed by atoms with van der Waals surface area (Å²) in [7, 11) is 0. The second-order valence-electron chi connectivity index (χ2n) is 5.61. The number of aromatic nitrogens is 2. The zero-order valence-electron chi connectivity index (χ0n) is 12.7. The van der Waals surface area contributed by atoms with Crippen molar-refractivity contribution in [1.82, 2.24) is 15.0 Å². The lowest BCUT2D eigenvalue weighted by molar-refractivity contribution is -0.141. The summed E-state index contributed by atoms with van der Waals surface area (Å²) in [5.41, 5.74) is 0.946. The van der Waals surface area contributed by atoms with Crippen molar-refractivity contribution >= 4 is 18.4 Å². The molecule has 1 unspecified atom stereocenters. The van der Waals surface area contributed by atoms with Crippen molar-refractivity contribution < 1.29 is 14.4 Å². The number of halogens is 1. The number of hydrogen-bond acceptors (Lipinski definition) is 5. The van der Waals surface area contributed by atoms with Gasteiger partial charge < -0.3 is 14.5 Å². The molecule has 7 heteroatoms. The van der Waals surface area contributed by atoms with E-state index in [1.54, 1.807) is 0 Å². The molecule has 124 valence electrons. The minimum Gasteiger partial charge on any atom is -0.481 e. The number of carboxylic acids is 1. The Morgan fingerprint density at radius 2 is 2.13 bits per heavy atom. The maximum Gasteiger partial charge on any atom is 0.307 e. The molecule has 0 amide bonds. The first-order valence-corrected chi connectivity index (χ1v) is 7.55. The number of nitrogens with zero attached hydrogens (tertiary/aromatic N) is 3. The molecular weight excluding hydrogens is 318 g/mol. The van der Waals surface area contributed by atoms with Gasteiger partial charge in [0.25, 0.3) is 0 Å². The SMILES string of the molecule is Cl.O=C(O)C1CCN(CCCc2nc(-c3ccccc3)no2)C1. The van der Waals surface area contributed by atoms with Gasteiger partial charge in [0, 0.05) is 18.5 Å². The van der Waals surface area contributed by atoms with Crippen LogP contribution >= 0.6 is 12.4 Å². The number of rotatable bonds is 6. The minimum atomic E-state index is -0.688. The highest BCUT2D eigenvalue weighted by molar-refractivity contribution is 5.85. The molecule has 1 aromatic carbocycles. The molecule has 1 aliphatic heterocycles. The predicted molar refractivity (Wildman–Crippen MR) is 87.5 cm³/mol. The number of hydrogen-bond donors (Lipinski definition) is 1. The summed E-state index contributed by atoms with van der Waals surface area (Å²) < 4.78 is 5.27. The summed E-state index contributed by atoms with van der Waals surface area (Å²) in [4.78, 5) is 17.5. The maximum absolute atomic E-state index is 10.9. The number of likely N-dealkylation sites (tertiary alicyclic amines) is 1. The number of aliphatic carboxylic acids is 1.